The lowest BCUT2D eigenvalue weighted by Gasteiger charge is -2.04. The molecule has 0 amide bonds. The van der Waals surface area contributed by atoms with Gasteiger partial charge in [0.05, 0.1) is 15.5 Å². The number of aromatic nitrogens is 2. The van der Waals surface area contributed by atoms with Crippen molar-refractivity contribution in [3.8, 4) is 0 Å². The third-order valence-electron chi connectivity index (χ3n) is 2.88. The van der Waals surface area contributed by atoms with Crippen molar-refractivity contribution in [1.29, 1.82) is 0 Å². The van der Waals surface area contributed by atoms with Gasteiger partial charge in [-0.05, 0) is 6.26 Å². The predicted octanol–water partition coefficient (Wildman–Crippen LogP) is 2.99. The fourth-order valence-corrected chi connectivity index (χ4v) is 3.92. The Bertz CT molecular complexity index is 636. The van der Waals surface area contributed by atoms with Gasteiger partial charge in [0.2, 0.25) is 5.89 Å². The van der Waals surface area contributed by atoms with Gasteiger partial charge in [0.1, 0.15) is 5.00 Å². The van der Waals surface area contributed by atoms with E-state index in [9.17, 15) is 4.79 Å². The molecular formula is C13H18N4O2S2. The molecule has 2 rings (SSSR count). The summed E-state index contributed by atoms with van der Waals surface area (Å²) >= 11 is 2.96. The van der Waals surface area contributed by atoms with Crippen LogP contribution >= 0.6 is 23.1 Å². The number of aryl methyl sites for hydroxylation is 1. The van der Waals surface area contributed by atoms with Gasteiger partial charge in [-0.25, -0.2) is 0 Å². The van der Waals surface area contributed by atoms with Gasteiger partial charge in [-0.3, -0.25) is 4.79 Å². The van der Waals surface area contributed by atoms with E-state index in [1.54, 1.807) is 18.7 Å². The van der Waals surface area contributed by atoms with Gasteiger partial charge in [0.25, 0.3) is 0 Å². The molecule has 0 saturated heterocycles. The van der Waals surface area contributed by atoms with E-state index in [4.69, 9.17) is 10.3 Å². The first kappa shape index (κ1) is 15.8. The molecule has 0 aromatic carbocycles. The third-order valence-corrected chi connectivity index (χ3v) is 5.05. The Morgan fingerprint density at radius 2 is 2.29 bits per heavy atom. The zero-order chi connectivity index (χ0) is 15.4. The van der Waals surface area contributed by atoms with Gasteiger partial charge in [-0.15, -0.1) is 23.1 Å². The second kappa shape index (κ2) is 6.95. The van der Waals surface area contributed by atoms with Gasteiger partial charge >= 0.3 is 0 Å². The van der Waals surface area contributed by atoms with E-state index in [1.807, 2.05) is 13.2 Å². The predicted molar refractivity (Wildman–Crippen MR) is 86.4 cm³/mol. The summed E-state index contributed by atoms with van der Waals surface area (Å²) in [6.07, 6.45) is 3.06. The van der Waals surface area contributed by atoms with Crippen molar-refractivity contribution < 1.29 is 9.32 Å². The molecule has 114 valence electrons. The van der Waals surface area contributed by atoms with Crippen molar-refractivity contribution in [2.24, 2.45) is 0 Å². The fraction of sp³-hybridized carbons (Fsp3) is 0.462. The Balaban J connectivity index is 2.07. The number of carbonyl (C=O) groups is 1. The van der Waals surface area contributed by atoms with Gasteiger partial charge in [-0.2, -0.15) is 4.98 Å². The first-order chi connectivity index (χ1) is 10.1. The molecule has 0 aliphatic carbocycles. The molecule has 21 heavy (non-hydrogen) atoms. The SMILES string of the molecule is CCC(=O)c1sc(NCCc2noc(C)n2)c(SC)c1N. The largest absolute Gasteiger partial charge is 0.396 e. The Morgan fingerprint density at radius 3 is 2.86 bits per heavy atom. The molecule has 6 nitrogen and oxygen atoms in total. The van der Waals surface area contributed by atoms with Crippen molar-refractivity contribution in [3.05, 3.63) is 16.6 Å². The van der Waals surface area contributed by atoms with Gasteiger partial charge < -0.3 is 15.6 Å². The summed E-state index contributed by atoms with van der Waals surface area (Å²) in [4.78, 5) is 17.6. The number of rotatable bonds is 7. The first-order valence-electron chi connectivity index (χ1n) is 6.59. The lowest BCUT2D eigenvalue weighted by atomic mass is 10.2. The molecule has 0 unspecified atom stereocenters. The molecule has 2 heterocycles. The van der Waals surface area contributed by atoms with Crippen LogP contribution in [0.2, 0.25) is 0 Å². The van der Waals surface area contributed by atoms with E-state index in [0.717, 1.165) is 9.90 Å². The molecule has 0 aliphatic heterocycles. The highest BCUT2D eigenvalue weighted by Gasteiger charge is 2.19. The number of hydrogen-bond donors (Lipinski definition) is 2. The third kappa shape index (κ3) is 3.56. The van der Waals surface area contributed by atoms with Crippen LogP contribution in [0.15, 0.2) is 9.42 Å². The van der Waals surface area contributed by atoms with Crippen LogP contribution in [0.3, 0.4) is 0 Å². The van der Waals surface area contributed by atoms with Crippen LogP contribution in [0.4, 0.5) is 10.7 Å². The normalized spacial score (nSPS) is 10.8. The van der Waals surface area contributed by atoms with Gasteiger partial charge in [0, 0.05) is 26.3 Å². The van der Waals surface area contributed by atoms with E-state index in [1.165, 1.54) is 11.3 Å². The molecule has 0 fully saturated rings. The molecule has 3 N–H and O–H groups in total. The maximum atomic E-state index is 11.9. The number of Topliss-reactive ketones (excluding diaryl/α,β-unsaturated/α-hetero) is 1. The number of thioether (sulfide) groups is 1. The number of nitrogens with two attached hydrogens (primary N) is 1. The minimum atomic E-state index is 0.0784. The lowest BCUT2D eigenvalue weighted by Crippen LogP contribution is -2.05. The fourth-order valence-electron chi connectivity index (χ4n) is 1.85. The number of nitrogens with zero attached hydrogens (tertiary/aromatic N) is 2. The number of anilines is 2. The van der Waals surface area contributed by atoms with Crippen LogP contribution in [0.1, 0.15) is 34.7 Å². The van der Waals surface area contributed by atoms with Crippen LogP contribution in [0.5, 0.6) is 0 Å². The minimum Gasteiger partial charge on any atom is -0.396 e. The smallest absolute Gasteiger partial charge is 0.223 e. The molecule has 0 saturated carbocycles. The molecule has 0 bridgehead atoms. The van der Waals surface area contributed by atoms with Gasteiger partial charge in [-0.1, -0.05) is 12.1 Å². The Morgan fingerprint density at radius 1 is 1.52 bits per heavy atom. The number of thiophene rings is 1. The molecular weight excluding hydrogens is 308 g/mol. The zero-order valence-electron chi connectivity index (χ0n) is 12.2. The highest BCUT2D eigenvalue weighted by atomic mass is 32.2. The highest BCUT2D eigenvalue weighted by molar-refractivity contribution is 7.99. The Hall–Kier alpha value is -1.54. The second-order valence-electron chi connectivity index (χ2n) is 4.39. The molecule has 0 atom stereocenters. The number of nitrogen functional groups attached to an aromatic ring is 1. The quantitative estimate of drug-likeness (QED) is 0.596. The van der Waals surface area contributed by atoms with Crippen molar-refractivity contribution in [2.45, 2.75) is 31.6 Å². The molecule has 2 aromatic rings. The number of ketones is 1. The molecule has 0 aliphatic rings. The van der Waals surface area contributed by atoms with Crippen molar-refractivity contribution in [1.82, 2.24) is 10.1 Å². The molecule has 0 spiro atoms. The Labute approximate surface area is 131 Å². The van der Waals surface area contributed by atoms with E-state index in [0.29, 0.717) is 41.7 Å². The van der Waals surface area contributed by atoms with Crippen molar-refractivity contribution in [2.75, 3.05) is 23.9 Å². The summed E-state index contributed by atoms with van der Waals surface area (Å²) in [6, 6.07) is 0. The maximum Gasteiger partial charge on any atom is 0.223 e. The van der Waals surface area contributed by atoms with Crippen LogP contribution in [0.25, 0.3) is 0 Å². The van der Waals surface area contributed by atoms with Crippen LogP contribution < -0.4 is 11.1 Å². The average molecular weight is 326 g/mol. The summed E-state index contributed by atoms with van der Waals surface area (Å²) in [5.41, 5.74) is 6.65. The molecule has 8 heteroatoms. The lowest BCUT2D eigenvalue weighted by molar-refractivity contribution is 0.0992. The van der Waals surface area contributed by atoms with Crippen molar-refractivity contribution in [3.63, 3.8) is 0 Å². The monoisotopic (exact) mass is 326 g/mol. The topological polar surface area (TPSA) is 94.0 Å². The molecule has 2 aromatic heterocycles. The van der Waals surface area contributed by atoms with E-state index < -0.39 is 0 Å². The number of nitrogens with one attached hydrogen (secondary N) is 1. The summed E-state index contributed by atoms with van der Waals surface area (Å²) in [7, 11) is 0. The van der Waals surface area contributed by atoms with E-state index in [-0.39, 0.29) is 5.78 Å². The standard InChI is InChI=1S/C13H18N4O2S2/c1-4-8(18)11-10(14)12(20-3)13(21-11)15-6-5-9-16-7(2)19-17-9/h15H,4-6,14H2,1-3H3. The first-order valence-corrected chi connectivity index (χ1v) is 8.63. The summed E-state index contributed by atoms with van der Waals surface area (Å²) < 4.78 is 4.93. The van der Waals surface area contributed by atoms with Crippen LogP contribution in [-0.4, -0.2) is 28.7 Å². The van der Waals surface area contributed by atoms with E-state index >= 15 is 0 Å². The molecule has 0 radical (unpaired) electrons. The zero-order valence-corrected chi connectivity index (χ0v) is 13.9. The second-order valence-corrected chi connectivity index (χ2v) is 6.23. The summed E-state index contributed by atoms with van der Waals surface area (Å²) in [5, 5.41) is 8.08. The van der Waals surface area contributed by atoms with Crippen LogP contribution in [-0.2, 0) is 6.42 Å². The maximum absolute atomic E-state index is 11.9. The van der Waals surface area contributed by atoms with Crippen LogP contribution in [0, 0.1) is 6.92 Å². The Kier molecular flexibility index (Phi) is 5.24. The van der Waals surface area contributed by atoms with E-state index in [2.05, 4.69) is 15.5 Å². The van der Waals surface area contributed by atoms with Gasteiger partial charge in [0.15, 0.2) is 11.6 Å². The summed E-state index contributed by atoms with van der Waals surface area (Å²) in [5.74, 6) is 1.31. The number of carbonyl (C=O) groups excluding carboxylic acids is 1. The summed E-state index contributed by atoms with van der Waals surface area (Å²) in [6.45, 7) is 4.26. The number of hydrogen-bond acceptors (Lipinski definition) is 8. The average Bonchev–Trinajstić information content (AvgIpc) is 3.02. The highest BCUT2D eigenvalue weighted by Crippen LogP contribution is 2.42. The van der Waals surface area contributed by atoms with Crippen molar-refractivity contribution >= 4 is 39.6 Å². The minimum absolute atomic E-state index is 0.0784.